The van der Waals surface area contributed by atoms with Crippen molar-refractivity contribution >= 4 is 27.6 Å². The van der Waals surface area contributed by atoms with E-state index in [1.165, 1.54) is 4.90 Å². The lowest BCUT2D eigenvalue weighted by Crippen LogP contribution is -2.26. The van der Waals surface area contributed by atoms with E-state index in [2.05, 4.69) is 15.9 Å². The molecule has 0 spiro atoms. The molecule has 0 unspecified atom stereocenters. The first-order valence-corrected chi connectivity index (χ1v) is 5.02. The Hall–Kier alpha value is -1.10. The molecule has 1 saturated heterocycles. The minimum absolute atomic E-state index is 0.310. The van der Waals surface area contributed by atoms with Gasteiger partial charge in [0.1, 0.15) is 5.76 Å². The number of Topliss-reactive ketones (excluding diaryl/α,β-unsaturated/α-hetero) is 1. The fraction of sp³-hybridized carbons (Fsp3) is 0.333. The van der Waals surface area contributed by atoms with Crippen molar-refractivity contribution in [3.8, 4) is 0 Å². The van der Waals surface area contributed by atoms with Crippen LogP contribution in [-0.2, 0) is 16.1 Å². The van der Waals surface area contributed by atoms with Gasteiger partial charge in [-0.3, -0.25) is 9.59 Å². The van der Waals surface area contributed by atoms with E-state index in [-0.39, 0.29) is 5.78 Å². The maximum absolute atomic E-state index is 11.2. The van der Waals surface area contributed by atoms with Crippen LogP contribution in [0.25, 0.3) is 0 Å². The lowest BCUT2D eigenvalue weighted by molar-refractivity contribution is -0.140. The van der Waals surface area contributed by atoms with Gasteiger partial charge in [0.15, 0.2) is 4.67 Å². The predicted molar refractivity (Wildman–Crippen MR) is 51.4 cm³/mol. The summed E-state index contributed by atoms with van der Waals surface area (Å²) in [4.78, 5) is 23.7. The van der Waals surface area contributed by atoms with Gasteiger partial charge in [-0.1, -0.05) is 0 Å². The van der Waals surface area contributed by atoms with Crippen LogP contribution in [0.15, 0.2) is 21.2 Å². The number of rotatable bonds is 2. The van der Waals surface area contributed by atoms with E-state index in [1.54, 1.807) is 12.1 Å². The second kappa shape index (κ2) is 3.57. The van der Waals surface area contributed by atoms with Gasteiger partial charge in [-0.25, -0.2) is 0 Å². The molecule has 14 heavy (non-hydrogen) atoms. The number of nitrogens with zero attached hydrogens (tertiary/aromatic N) is 1. The van der Waals surface area contributed by atoms with Crippen LogP contribution in [0.3, 0.4) is 0 Å². The Labute approximate surface area is 89.0 Å². The maximum atomic E-state index is 11.2. The molecule has 4 nitrogen and oxygen atoms in total. The summed E-state index contributed by atoms with van der Waals surface area (Å²) in [5, 5.41) is 0. The minimum Gasteiger partial charge on any atom is -0.452 e. The van der Waals surface area contributed by atoms with Gasteiger partial charge in [-0.05, 0) is 28.1 Å². The fourth-order valence-electron chi connectivity index (χ4n) is 1.40. The zero-order chi connectivity index (χ0) is 10.1. The van der Waals surface area contributed by atoms with Crippen molar-refractivity contribution < 1.29 is 14.0 Å². The molecule has 0 radical (unpaired) electrons. The summed E-state index contributed by atoms with van der Waals surface area (Å²) in [5.41, 5.74) is 0. The Kier molecular flexibility index (Phi) is 2.41. The van der Waals surface area contributed by atoms with E-state index in [1.807, 2.05) is 0 Å². The molecule has 1 amide bonds. The number of hydrogen-bond acceptors (Lipinski definition) is 3. The SMILES string of the molecule is O=C1CCN(Cc2ccc(Br)o2)C1=O. The Morgan fingerprint density at radius 3 is 2.71 bits per heavy atom. The third-order valence-electron chi connectivity index (χ3n) is 2.11. The van der Waals surface area contributed by atoms with Gasteiger partial charge >= 0.3 is 0 Å². The fourth-order valence-corrected chi connectivity index (χ4v) is 1.74. The second-order valence-electron chi connectivity index (χ2n) is 3.11. The van der Waals surface area contributed by atoms with Gasteiger partial charge in [0, 0.05) is 13.0 Å². The zero-order valence-electron chi connectivity index (χ0n) is 7.33. The predicted octanol–water partition coefficient (Wildman–Crippen LogP) is 1.34. The molecule has 1 aliphatic heterocycles. The third kappa shape index (κ3) is 1.72. The maximum Gasteiger partial charge on any atom is 0.290 e. The number of likely N-dealkylation sites (tertiary alicyclic amines) is 1. The van der Waals surface area contributed by atoms with Crippen molar-refractivity contribution in [2.45, 2.75) is 13.0 Å². The number of ketones is 1. The van der Waals surface area contributed by atoms with Crippen LogP contribution in [0.5, 0.6) is 0 Å². The smallest absolute Gasteiger partial charge is 0.290 e. The van der Waals surface area contributed by atoms with Gasteiger partial charge in [0.05, 0.1) is 6.54 Å². The molecule has 0 N–H and O–H groups in total. The average Bonchev–Trinajstić information content (AvgIpc) is 2.67. The zero-order valence-corrected chi connectivity index (χ0v) is 8.91. The molecule has 1 aliphatic rings. The standard InChI is InChI=1S/C9H8BrNO3/c10-8-2-1-6(14-8)5-11-4-3-7(12)9(11)13/h1-2H,3-5H2. The first-order chi connectivity index (χ1) is 6.66. The topological polar surface area (TPSA) is 50.5 Å². The van der Waals surface area contributed by atoms with Crippen LogP contribution in [-0.4, -0.2) is 23.1 Å². The highest BCUT2D eigenvalue weighted by molar-refractivity contribution is 9.10. The molecule has 0 atom stereocenters. The van der Waals surface area contributed by atoms with Crippen LogP contribution >= 0.6 is 15.9 Å². The summed E-state index contributed by atoms with van der Waals surface area (Å²) >= 11 is 3.17. The highest BCUT2D eigenvalue weighted by Crippen LogP contribution is 2.17. The molecule has 0 aliphatic carbocycles. The quantitative estimate of drug-likeness (QED) is 0.752. The summed E-state index contributed by atoms with van der Waals surface area (Å²) in [5.74, 6) is -0.0342. The minimum atomic E-state index is -0.405. The van der Waals surface area contributed by atoms with E-state index in [0.717, 1.165) is 0 Å². The molecule has 1 aromatic heterocycles. The van der Waals surface area contributed by atoms with Crippen molar-refractivity contribution in [2.24, 2.45) is 0 Å². The van der Waals surface area contributed by atoms with Crippen molar-refractivity contribution in [1.82, 2.24) is 4.90 Å². The molecule has 0 bridgehead atoms. The Morgan fingerprint density at radius 2 is 2.21 bits per heavy atom. The monoisotopic (exact) mass is 257 g/mol. The molecule has 5 heteroatoms. The van der Waals surface area contributed by atoms with E-state index in [0.29, 0.717) is 29.9 Å². The van der Waals surface area contributed by atoms with Crippen molar-refractivity contribution in [3.05, 3.63) is 22.6 Å². The molecule has 1 aromatic rings. The molecular formula is C9H8BrNO3. The van der Waals surface area contributed by atoms with Crippen LogP contribution in [0.1, 0.15) is 12.2 Å². The number of halogens is 1. The van der Waals surface area contributed by atoms with E-state index >= 15 is 0 Å². The van der Waals surface area contributed by atoms with Crippen LogP contribution in [0.4, 0.5) is 0 Å². The molecule has 74 valence electrons. The van der Waals surface area contributed by atoms with Gasteiger partial charge < -0.3 is 9.32 Å². The number of carbonyl (C=O) groups is 2. The second-order valence-corrected chi connectivity index (χ2v) is 3.89. The van der Waals surface area contributed by atoms with Gasteiger partial charge in [-0.2, -0.15) is 0 Å². The first-order valence-electron chi connectivity index (χ1n) is 4.23. The summed E-state index contributed by atoms with van der Waals surface area (Å²) in [7, 11) is 0. The lowest BCUT2D eigenvalue weighted by Gasteiger charge is -2.11. The molecule has 1 fully saturated rings. The molecular weight excluding hydrogens is 250 g/mol. The Bertz CT molecular complexity index is 385. The van der Waals surface area contributed by atoms with Gasteiger partial charge in [0.25, 0.3) is 5.91 Å². The lowest BCUT2D eigenvalue weighted by atomic mass is 10.3. The summed E-state index contributed by atoms with van der Waals surface area (Å²) in [6.45, 7) is 0.867. The molecule has 0 saturated carbocycles. The number of carbonyl (C=O) groups excluding carboxylic acids is 2. The molecule has 2 rings (SSSR count). The van der Waals surface area contributed by atoms with Gasteiger partial charge in [0.2, 0.25) is 5.78 Å². The van der Waals surface area contributed by atoms with E-state index in [4.69, 9.17) is 4.42 Å². The number of hydrogen-bond donors (Lipinski definition) is 0. The third-order valence-corrected chi connectivity index (χ3v) is 2.54. The molecule has 0 aromatic carbocycles. The first kappa shape index (κ1) is 9.45. The highest BCUT2D eigenvalue weighted by atomic mass is 79.9. The number of amides is 1. The van der Waals surface area contributed by atoms with Crippen LogP contribution < -0.4 is 0 Å². The summed E-state index contributed by atoms with van der Waals surface area (Å²) in [6.07, 6.45) is 0.320. The van der Waals surface area contributed by atoms with Crippen LogP contribution in [0, 0.1) is 0 Å². The molecule has 2 heterocycles. The van der Waals surface area contributed by atoms with E-state index < -0.39 is 5.91 Å². The largest absolute Gasteiger partial charge is 0.452 e. The Balaban J connectivity index is 2.05. The number of furan rings is 1. The van der Waals surface area contributed by atoms with Crippen molar-refractivity contribution in [3.63, 3.8) is 0 Å². The van der Waals surface area contributed by atoms with Crippen molar-refractivity contribution in [2.75, 3.05) is 6.54 Å². The average molecular weight is 258 g/mol. The highest BCUT2D eigenvalue weighted by Gasteiger charge is 2.29. The van der Waals surface area contributed by atoms with Crippen molar-refractivity contribution in [1.29, 1.82) is 0 Å². The Morgan fingerprint density at radius 1 is 1.43 bits per heavy atom. The normalized spacial score (nSPS) is 16.8. The summed E-state index contributed by atoms with van der Waals surface area (Å²) < 4.78 is 5.87. The summed E-state index contributed by atoms with van der Waals surface area (Å²) in [6, 6.07) is 3.54. The van der Waals surface area contributed by atoms with Crippen LogP contribution in [0.2, 0.25) is 0 Å². The van der Waals surface area contributed by atoms with E-state index in [9.17, 15) is 9.59 Å². The van der Waals surface area contributed by atoms with Gasteiger partial charge in [-0.15, -0.1) is 0 Å².